The van der Waals surface area contributed by atoms with Crippen molar-refractivity contribution in [2.24, 2.45) is 0 Å². The third kappa shape index (κ3) is 2.90. The van der Waals surface area contributed by atoms with Crippen LogP contribution in [0.5, 0.6) is 0 Å². The van der Waals surface area contributed by atoms with Crippen LogP contribution in [0.4, 0.5) is 10.1 Å². The molecule has 2 rings (SSSR count). The number of aromatic nitrogens is 2. The van der Waals surface area contributed by atoms with Crippen molar-refractivity contribution in [1.82, 2.24) is 9.97 Å². The van der Waals surface area contributed by atoms with Crippen LogP contribution < -0.4 is 5.32 Å². The summed E-state index contributed by atoms with van der Waals surface area (Å²) in [7, 11) is 0. The summed E-state index contributed by atoms with van der Waals surface area (Å²) in [5.74, 6) is 0.244. The van der Waals surface area contributed by atoms with Gasteiger partial charge in [0.05, 0.1) is 28.5 Å². The van der Waals surface area contributed by atoms with Gasteiger partial charge in [0, 0.05) is 5.69 Å². The van der Waals surface area contributed by atoms with Gasteiger partial charge in [-0.1, -0.05) is 23.2 Å². The molecular weight excluding hydrogens is 264 g/mol. The normalized spacial score (nSPS) is 10.6. The lowest BCUT2D eigenvalue weighted by Gasteiger charge is -2.07. The number of hydrogen-bond acceptors (Lipinski definition) is 2. The molecule has 0 aliphatic heterocycles. The summed E-state index contributed by atoms with van der Waals surface area (Å²) in [4.78, 5) is 7.14. The zero-order valence-electron chi connectivity index (χ0n) is 9.02. The molecule has 0 amide bonds. The number of rotatable bonds is 3. The van der Waals surface area contributed by atoms with E-state index in [0.717, 1.165) is 11.5 Å². The Bertz CT molecular complexity index is 516. The number of halogens is 3. The van der Waals surface area contributed by atoms with Crippen LogP contribution in [0.15, 0.2) is 18.3 Å². The van der Waals surface area contributed by atoms with Crippen LogP contribution in [0.3, 0.4) is 0 Å². The van der Waals surface area contributed by atoms with Gasteiger partial charge in [-0.2, -0.15) is 0 Å². The Balaban J connectivity index is 2.09. The number of benzene rings is 1. The highest BCUT2D eigenvalue weighted by Gasteiger charge is 2.07. The Labute approximate surface area is 108 Å². The highest BCUT2D eigenvalue weighted by atomic mass is 35.5. The Kier molecular flexibility index (Phi) is 3.54. The van der Waals surface area contributed by atoms with Crippen molar-refractivity contribution in [2.75, 3.05) is 5.32 Å². The number of nitrogens with zero attached hydrogens (tertiary/aromatic N) is 1. The summed E-state index contributed by atoms with van der Waals surface area (Å²) in [6.07, 6.45) is 1.73. The summed E-state index contributed by atoms with van der Waals surface area (Å²) in [6.45, 7) is 2.41. The van der Waals surface area contributed by atoms with E-state index >= 15 is 0 Å². The first kappa shape index (κ1) is 12.2. The predicted molar refractivity (Wildman–Crippen MR) is 67.1 cm³/mol. The van der Waals surface area contributed by atoms with Crippen molar-refractivity contribution in [3.8, 4) is 0 Å². The third-order valence-corrected chi connectivity index (χ3v) is 2.77. The molecule has 6 heteroatoms. The second-order valence-corrected chi connectivity index (χ2v) is 4.42. The maximum Gasteiger partial charge on any atom is 0.160 e. The van der Waals surface area contributed by atoms with Crippen LogP contribution in [0, 0.1) is 12.7 Å². The quantitative estimate of drug-likeness (QED) is 0.836. The van der Waals surface area contributed by atoms with Crippen LogP contribution in [-0.2, 0) is 6.54 Å². The number of aromatic amines is 1. The molecule has 3 nitrogen and oxygen atoms in total. The van der Waals surface area contributed by atoms with Gasteiger partial charge in [0.2, 0.25) is 0 Å². The lowest BCUT2D eigenvalue weighted by Crippen LogP contribution is -2.00. The first-order valence-corrected chi connectivity index (χ1v) is 5.71. The third-order valence-electron chi connectivity index (χ3n) is 2.22. The van der Waals surface area contributed by atoms with Gasteiger partial charge in [-0.15, -0.1) is 0 Å². The minimum Gasteiger partial charge on any atom is -0.379 e. The fourth-order valence-corrected chi connectivity index (χ4v) is 1.90. The van der Waals surface area contributed by atoms with E-state index in [4.69, 9.17) is 23.2 Å². The molecule has 17 heavy (non-hydrogen) atoms. The second kappa shape index (κ2) is 4.94. The van der Waals surface area contributed by atoms with Gasteiger partial charge < -0.3 is 10.3 Å². The predicted octanol–water partition coefficient (Wildman–Crippen LogP) is 3.78. The van der Waals surface area contributed by atoms with Crippen LogP contribution >= 0.6 is 23.2 Å². The van der Waals surface area contributed by atoms with Crippen molar-refractivity contribution >= 4 is 28.9 Å². The smallest absolute Gasteiger partial charge is 0.160 e. The molecule has 90 valence electrons. The molecule has 1 aromatic carbocycles. The van der Waals surface area contributed by atoms with Gasteiger partial charge in [0.25, 0.3) is 0 Å². The molecule has 2 N–H and O–H groups in total. The monoisotopic (exact) mass is 273 g/mol. The Morgan fingerprint density at radius 3 is 2.53 bits per heavy atom. The lowest BCUT2D eigenvalue weighted by atomic mass is 10.3. The van der Waals surface area contributed by atoms with Crippen molar-refractivity contribution < 1.29 is 4.39 Å². The van der Waals surface area contributed by atoms with E-state index in [1.807, 2.05) is 6.92 Å². The lowest BCUT2D eigenvalue weighted by molar-refractivity contribution is 0.629. The van der Waals surface area contributed by atoms with E-state index in [0.29, 0.717) is 12.2 Å². The van der Waals surface area contributed by atoms with E-state index in [-0.39, 0.29) is 10.0 Å². The van der Waals surface area contributed by atoms with Gasteiger partial charge in [-0.05, 0) is 19.1 Å². The Morgan fingerprint density at radius 2 is 2.00 bits per heavy atom. The van der Waals surface area contributed by atoms with Crippen LogP contribution in [0.1, 0.15) is 11.5 Å². The van der Waals surface area contributed by atoms with Gasteiger partial charge >= 0.3 is 0 Å². The molecule has 0 saturated heterocycles. The number of H-pyrrole nitrogens is 1. The van der Waals surface area contributed by atoms with Gasteiger partial charge in [0.1, 0.15) is 5.82 Å². The molecule has 0 unspecified atom stereocenters. The van der Waals surface area contributed by atoms with E-state index in [9.17, 15) is 4.39 Å². The van der Waals surface area contributed by atoms with Crippen molar-refractivity contribution in [2.45, 2.75) is 13.5 Å². The Hall–Kier alpha value is -1.26. The molecule has 2 aromatic rings. The number of hydrogen-bond donors (Lipinski definition) is 2. The fourth-order valence-electron chi connectivity index (χ4n) is 1.42. The molecular formula is C11H10Cl2FN3. The highest BCUT2D eigenvalue weighted by molar-refractivity contribution is 6.35. The minimum absolute atomic E-state index is 0.000733. The summed E-state index contributed by atoms with van der Waals surface area (Å²) in [6, 6.07) is 2.98. The molecule has 0 saturated carbocycles. The highest BCUT2D eigenvalue weighted by Crippen LogP contribution is 2.27. The average molecular weight is 274 g/mol. The van der Waals surface area contributed by atoms with E-state index in [1.54, 1.807) is 6.20 Å². The number of aryl methyl sites for hydroxylation is 1. The van der Waals surface area contributed by atoms with E-state index in [1.165, 1.54) is 12.1 Å². The maximum atomic E-state index is 13.2. The zero-order valence-corrected chi connectivity index (χ0v) is 10.5. The molecule has 0 spiro atoms. The van der Waals surface area contributed by atoms with Gasteiger partial charge in [0.15, 0.2) is 5.82 Å². The van der Waals surface area contributed by atoms with Crippen LogP contribution in [0.25, 0.3) is 0 Å². The summed E-state index contributed by atoms with van der Waals surface area (Å²) in [5, 5.41) is 3.08. The molecule has 0 fully saturated rings. The molecule has 0 radical (unpaired) electrons. The van der Waals surface area contributed by atoms with Crippen molar-refractivity contribution in [1.29, 1.82) is 0 Å². The minimum atomic E-state index is -0.601. The summed E-state index contributed by atoms with van der Waals surface area (Å²) < 4.78 is 13.2. The first-order chi connectivity index (χ1) is 8.06. The standard InChI is InChI=1S/C11H10Cl2FN3/c1-6-15-4-8(17-6)5-16-7-2-9(12)11(14)10(13)3-7/h2-4,16H,5H2,1H3,(H,15,17). The molecule has 0 atom stereocenters. The molecule has 1 heterocycles. The largest absolute Gasteiger partial charge is 0.379 e. The van der Waals surface area contributed by atoms with Crippen LogP contribution in [-0.4, -0.2) is 9.97 Å². The molecule has 0 bridgehead atoms. The molecule has 0 aliphatic carbocycles. The summed E-state index contributed by atoms with van der Waals surface area (Å²) >= 11 is 11.4. The molecule has 1 aromatic heterocycles. The number of anilines is 1. The molecule has 0 aliphatic rings. The number of imidazole rings is 1. The first-order valence-electron chi connectivity index (χ1n) is 4.95. The zero-order chi connectivity index (χ0) is 12.4. The van der Waals surface area contributed by atoms with Gasteiger partial charge in [-0.25, -0.2) is 9.37 Å². The average Bonchev–Trinajstić information content (AvgIpc) is 2.69. The second-order valence-electron chi connectivity index (χ2n) is 3.60. The van der Waals surface area contributed by atoms with Crippen molar-refractivity contribution in [3.05, 3.63) is 45.7 Å². The Morgan fingerprint density at radius 1 is 1.35 bits per heavy atom. The van der Waals surface area contributed by atoms with E-state index in [2.05, 4.69) is 15.3 Å². The maximum absolute atomic E-state index is 13.2. The van der Waals surface area contributed by atoms with Crippen LogP contribution in [0.2, 0.25) is 10.0 Å². The fraction of sp³-hybridized carbons (Fsp3) is 0.182. The van der Waals surface area contributed by atoms with E-state index < -0.39 is 5.82 Å². The number of nitrogens with one attached hydrogen (secondary N) is 2. The SMILES string of the molecule is Cc1ncc(CNc2cc(Cl)c(F)c(Cl)c2)[nH]1. The summed E-state index contributed by atoms with van der Waals surface area (Å²) in [5.41, 5.74) is 1.59. The van der Waals surface area contributed by atoms with Crippen molar-refractivity contribution in [3.63, 3.8) is 0 Å². The van der Waals surface area contributed by atoms with Gasteiger partial charge in [-0.3, -0.25) is 0 Å². The topological polar surface area (TPSA) is 40.7 Å².